The van der Waals surface area contributed by atoms with E-state index in [1.807, 2.05) is 17.8 Å². The van der Waals surface area contributed by atoms with Crippen LogP contribution in [0, 0.1) is 0 Å². The smallest absolute Gasteiger partial charge is 0.157 e. The molecule has 0 aliphatic heterocycles. The Labute approximate surface area is 71.0 Å². The van der Waals surface area contributed by atoms with Crippen LogP contribution in [-0.4, -0.2) is 14.8 Å². The molecule has 0 saturated heterocycles. The Morgan fingerprint density at radius 2 is 2.33 bits per heavy atom. The molecule has 0 amide bonds. The standard InChI is InChI=1S/C9H11N3/c1-3-8-7-5-4-6-10-9(7)12(2)11-8/h4-6H,3H2,1-2H3. The highest BCUT2D eigenvalue weighted by Gasteiger charge is 2.05. The van der Waals surface area contributed by atoms with Gasteiger partial charge in [0.25, 0.3) is 0 Å². The summed E-state index contributed by atoms with van der Waals surface area (Å²) in [5, 5.41) is 5.53. The normalized spacial score (nSPS) is 10.8. The van der Waals surface area contributed by atoms with Crippen molar-refractivity contribution < 1.29 is 0 Å². The molecule has 0 spiro atoms. The van der Waals surface area contributed by atoms with Crippen molar-refractivity contribution >= 4 is 11.0 Å². The molecular weight excluding hydrogens is 150 g/mol. The fourth-order valence-corrected chi connectivity index (χ4v) is 1.42. The molecule has 0 aliphatic carbocycles. The fourth-order valence-electron chi connectivity index (χ4n) is 1.42. The van der Waals surface area contributed by atoms with E-state index in [9.17, 15) is 0 Å². The highest BCUT2D eigenvalue weighted by molar-refractivity contribution is 5.77. The fraction of sp³-hybridized carbons (Fsp3) is 0.333. The predicted molar refractivity (Wildman–Crippen MR) is 47.9 cm³/mol. The zero-order valence-electron chi connectivity index (χ0n) is 7.28. The molecule has 2 heterocycles. The molecule has 62 valence electrons. The van der Waals surface area contributed by atoms with E-state index >= 15 is 0 Å². The second-order valence-electron chi connectivity index (χ2n) is 2.80. The van der Waals surface area contributed by atoms with Crippen LogP contribution in [-0.2, 0) is 13.5 Å². The zero-order chi connectivity index (χ0) is 8.55. The number of nitrogens with zero attached hydrogens (tertiary/aromatic N) is 3. The Hall–Kier alpha value is -1.38. The van der Waals surface area contributed by atoms with Crippen molar-refractivity contribution in [2.24, 2.45) is 7.05 Å². The highest BCUT2D eigenvalue weighted by Crippen LogP contribution is 2.14. The number of fused-ring (bicyclic) bond motifs is 1. The Morgan fingerprint density at radius 3 is 3.08 bits per heavy atom. The van der Waals surface area contributed by atoms with Crippen LogP contribution < -0.4 is 0 Å². The third kappa shape index (κ3) is 0.897. The van der Waals surface area contributed by atoms with Crippen molar-refractivity contribution in [3.8, 4) is 0 Å². The second kappa shape index (κ2) is 2.59. The lowest BCUT2D eigenvalue weighted by Gasteiger charge is -1.89. The summed E-state index contributed by atoms with van der Waals surface area (Å²) < 4.78 is 1.83. The molecule has 0 N–H and O–H groups in total. The summed E-state index contributed by atoms with van der Waals surface area (Å²) in [7, 11) is 1.93. The van der Waals surface area contributed by atoms with Crippen molar-refractivity contribution in [1.29, 1.82) is 0 Å². The molecule has 0 radical (unpaired) electrons. The van der Waals surface area contributed by atoms with Crippen LogP contribution in [0.25, 0.3) is 11.0 Å². The number of hydrogen-bond donors (Lipinski definition) is 0. The molecule has 0 saturated carbocycles. The van der Waals surface area contributed by atoms with Gasteiger partial charge in [-0.05, 0) is 18.6 Å². The van der Waals surface area contributed by atoms with Gasteiger partial charge in [-0.1, -0.05) is 6.92 Å². The van der Waals surface area contributed by atoms with Gasteiger partial charge >= 0.3 is 0 Å². The number of pyridine rings is 1. The number of aromatic nitrogens is 3. The van der Waals surface area contributed by atoms with E-state index in [4.69, 9.17) is 0 Å². The van der Waals surface area contributed by atoms with E-state index in [0.717, 1.165) is 17.8 Å². The number of aryl methyl sites for hydroxylation is 2. The monoisotopic (exact) mass is 161 g/mol. The quantitative estimate of drug-likeness (QED) is 0.635. The lowest BCUT2D eigenvalue weighted by atomic mass is 10.2. The largest absolute Gasteiger partial charge is 0.250 e. The van der Waals surface area contributed by atoms with Crippen molar-refractivity contribution in [1.82, 2.24) is 14.8 Å². The summed E-state index contributed by atoms with van der Waals surface area (Å²) in [5.41, 5.74) is 2.09. The first-order chi connectivity index (χ1) is 5.83. The van der Waals surface area contributed by atoms with Gasteiger partial charge in [0.2, 0.25) is 0 Å². The molecule has 12 heavy (non-hydrogen) atoms. The van der Waals surface area contributed by atoms with Gasteiger partial charge in [-0.3, -0.25) is 4.68 Å². The molecule has 3 nitrogen and oxygen atoms in total. The predicted octanol–water partition coefficient (Wildman–Crippen LogP) is 1.53. The van der Waals surface area contributed by atoms with Gasteiger partial charge in [0, 0.05) is 18.6 Å². The molecule has 2 aromatic heterocycles. The molecule has 0 aromatic carbocycles. The Morgan fingerprint density at radius 1 is 1.50 bits per heavy atom. The minimum absolute atomic E-state index is 0.961. The zero-order valence-corrected chi connectivity index (χ0v) is 7.28. The SMILES string of the molecule is CCc1nn(C)c2ncccc12. The molecule has 2 rings (SSSR count). The minimum Gasteiger partial charge on any atom is -0.250 e. The topological polar surface area (TPSA) is 30.7 Å². The first-order valence-corrected chi connectivity index (χ1v) is 4.09. The minimum atomic E-state index is 0.961. The summed E-state index contributed by atoms with van der Waals surface area (Å²) >= 11 is 0. The molecule has 0 atom stereocenters. The average molecular weight is 161 g/mol. The first-order valence-electron chi connectivity index (χ1n) is 4.09. The molecule has 3 heteroatoms. The van der Waals surface area contributed by atoms with Crippen molar-refractivity contribution in [3.05, 3.63) is 24.0 Å². The van der Waals surface area contributed by atoms with Gasteiger partial charge in [0.05, 0.1) is 5.69 Å². The average Bonchev–Trinajstić information content (AvgIpc) is 2.44. The lowest BCUT2D eigenvalue weighted by molar-refractivity contribution is 0.762. The van der Waals surface area contributed by atoms with E-state index < -0.39 is 0 Å². The van der Waals surface area contributed by atoms with Crippen LogP contribution in [0.15, 0.2) is 18.3 Å². The molecular formula is C9H11N3. The summed E-state index contributed by atoms with van der Waals surface area (Å²) in [6.07, 6.45) is 2.76. The molecule has 2 aromatic rings. The third-order valence-electron chi connectivity index (χ3n) is 2.01. The van der Waals surface area contributed by atoms with Crippen LogP contribution in [0.1, 0.15) is 12.6 Å². The maximum Gasteiger partial charge on any atom is 0.157 e. The Bertz CT molecular complexity index is 403. The van der Waals surface area contributed by atoms with E-state index in [-0.39, 0.29) is 0 Å². The van der Waals surface area contributed by atoms with Crippen LogP contribution in [0.4, 0.5) is 0 Å². The summed E-state index contributed by atoms with van der Waals surface area (Å²) in [5.74, 6) is 0. The van der Waals surface area contributed by atoms with Crippen molar-refractivity contribution in [2.75, 3.05) is 0 Å². The van der Waals surface area contributed by atoms with Gasteiger partial charge in [-0.2, -0.15) is 5.10 Å². The Balaban J connectivity index is 2.82. The second-order valence-corrected chi connectivity index (χ2v) is 2.80. The summed E-state index contributed by atoms with van der Waals surface area (Å²) in [6, 6.07) is 4.01. The molecule has 0 fully saturated rings. The molecule has 0 bridgehead atoms. The third-order valence-corrected chi connectivity index (χ3v) is 2.01. The highest BCUT2D eigenvalue weighted by atomic mass is 15.3. The maximum absolute atomic E-state index is 4.36. The van der Waals surface area contributed by atoms with Crippen LogP contribution in [0.2, 0.25) is 0 Å². The van der Waals surface area contributed by atoms with E-state index in [1.165, 1.54) is 5.39 Å². The van der Waals surface area contributed by atoms with E-state index in [1.54, 1.807) is 6.20 Å². The van der Waals surface area contributed by atoms with Crippen LogP contribution in [0.3, 0.4) is 0 Å². The van der Waals surface area contributed by atoms with Crippen molar-refractivity contribution in [3.63, 3.8) is 0 Å². The maximum atomic E-state index is 4.36. The van der Waals surface area contributed by atoms with Gasteiger partial charge in [-0.15, -0.1) is 0 Å². The molecule has 0 aliphatic rings. The van der Waals surface area contributed by atoms with E-state index in [0.29, 0.717) is 0 Å². The number of rotatable bonds is 1. The lowest BCUT2D eigenvalue weighted by Crippen LogP contribution is -1.91. The van der Waals surface area contributed by atoms with Gasteiger partial charge in [0.1, 0.15) is 0 Å². The van der Waals surface area contributed by atoms with Crippen molar-refractivity contribution in [2.45, 2.75) is 13.3 Å². The Kier molecular flexibility index (Phi) is 1.57. The van der Waals surface area contributed by atoms with Gasteiger partial charge in [0.15, 0.2) is 5.65 Å². The number of hydrogen-bond acceptors (Lipinski definition) is 2. The van der Waals surface area contributed by atoms with Crippen LogP contribution in [0.5, 0.6) is 0 Å². The van der Waals surface area contributed by atoms with Gasteiger partial charge in [-0.25, -0.2) is 4.98 Å². The van der Waals surface area contributed by atoms with E-state index in [2.05, 4.69) is 23.1 Å². The summed E-state index contributed by atoms with van der Waals surface area (Å²) in [4.78, 5) is 4.25. The molecule has 0 unspecified atom stereocenters. The van der Waals surface area contributed by atoms with Gasteiger partial charge < -0.3 is 0 Å². The van der Waals surface area contributed by atoms with Crippen LogP contribution >= 0.6 is 0 Å². The summed E-state index contributed by atoms with van der Waals surface area (Å²) in [6.45, 7) is 2.11. The first kappa shape index (κ1) is 7.28.